The third-order valence-electron chi connectivity index (χ3n) is 4.01. The maximum Gasteiger partial charge on any atom is 0.276 e. The number of amides is 2. The van der Waals surface area contributed by atoms with Crippen LogP contribution in [0.1, 0.15) is 17.9 Å². The van der Waals surface area contributed by atoms with Crippen molar-refractivity contribution in [3.8, 4) is 23.1 Å². The van der Waals surface area contributed by atoms with Crippen LogP contribution in [0.15, 0.2) is 53.1 Å². The van der Waals surface area contributed by atoms with Crippen molar-refractivity contribution >= 4 is 11.8 Å². The molecule has 1 aromatic heterocycles. The summed E-state index contributed by atoms with van der Waals surface area (Å²) in [5.41, 5.74) is 4.95. The van der Waals surface area contributed by atoms with Gasteiger partial charge in [-0.25, -0.2) is 13.8 Å². The summed E-state index contributed by atoms with van der Waals surface area (Å²) < 4.78 is 37.4. The van der Waals surface area contributed by atoms with Crippen molar-refractivity contribution < 1.29 is 27.5 Å². The molecule has 0 unspecified atom stereocenters. The summed E-state index contributed by atoms with van der Waals surface area (Å²) >= 11 is 0. The number of ether oxygens (including phenoxy) is 1. The summed E-state index contributed by atoms with van der Waals surface area (Å²) in [6, 6.07) is 11.2. The Morgan fingerprint density at radius 1 is 1.10 bits per heavy atom. The van der Waals surface area contributed by atoms with Gasteiger partial charge < -0.3 is 9.15 Å². The maximum atomic E-state index is 13.8. The van der Waals surface area contributed by atoms with Gasteiger partial charge in [0.25, 0.3) is 5.91 Å². The minimum atomic E-state index is -0.786. The number of halogens is 2. The number of hydrazine groups is 1. The standard InChI is InChI=1S/C21H16F2N4O4/c22-14-3-6-16(17(23)9-14)18-11-25-21(31-18)8-7-19(28)26-27-20(29)12-30-15-4-1-13(10-24)2-5-15/h1-6,9,11H,7-8,12H2,(H,26,28)(H,27,29). The highest BCUT2D eigenvalue weighted by molar-refractivity contribution is 5.82. The van der Waals surface area contributed by atoms with Crippen LogP contribution in [-0.2, 0) is 16.0 Å². The molecule has 0 bridgehead atoms. The second kappa shape index (κ2) is 9.98. The smallest absolute Gasteiger partial charge is 0.276 e. The third-order valence-corrected chi connectivity index (χ3v) is 4.01. The van der Waals surface area contributed by atoms with Crippen LogP contribution in [0, 0.1) is 23.0 Å². The number of oxazole rings is 1. The highest BCUT2D eigenvalue weighted by Gasteiger charge is 2.13. The summed E-state index contributed by atoms with van der Waals surface area (Å²) in [6.07, 6.45) is 1.33. The molecule has 0 fully saturated rings. The van der Waals surface area contributed by atoms with Gasteiger partial charge in [-0.15, -0.1) is 0 Å². The minimum Gasteiger partial charge on any atom is -0.484 e. The fourth-order valence-electron chi connectivity index (χ4n) is 2.47. The average molecular weight is 426 g/mol. The molecule has 0 aliphatic carbocycles. The van der Waals surface area contributed by atoms with E-state index in [1.54, 1.807) is 24.3 Å². The molecule has 0 radical (unpaired) electrons. The Balaban J connectivity index is 1.40. The third kappa shape index (κ3) is 6.11. The molecule has 2 amide bonds. The Labute approximate surface area is 175 Å². The summed E-state index contributed by atoms with van der Waals surface area (Å²) in [5, 5.41) is 8.73. The first-order valence-corrected chi connectivity index (χ1v) is 9.05. The molecule has 2 aromatic carbocycles. The molecule has 0 saturated heterocycles. The van der Waals surface area contributed by atoms with Gasteiger partial charge in [-0.05, 0) is 36.4 Å². The van der Waals surface area contributed by atoms with Crippen molar-refractivity contribution in [2.45, 2.75) is 12.8 Å². The van der Waals surface area contributed by atoms with Gasteiger partial charge in [-0.3, -0.25) is 20.4 Å². The monoisotopic (exact) mass is 426 g/mol. The lowest BCUT2D eigenvalue weighted by atomic mass is 10.2. The molecule has 0 spiro atoms. The first-order valence-electron chi connectivity index (χ1n) is 9.05. The van der Waals surface area contributed by atoms with E-state index in [1.165, 1.54) is 12.3 Å². The van der Waals surface area contributed by atoms with Crippen molar-refractivity contribution in [3.05, 3.63) is 71.8 Å². The Morgan fingerprint density at radius 3 is 2.55 bits per heavy atom. The lowest BCUT2D eigenvalue weighted by Gasteiger charge is -2.08. The first kappa shape index (κ1) is 21.4. The van der Waals surface area contributed by atoms with E-state index >= 15 is 0 Å². The number of hydrogen-bond donors (Lipinski definition) is 2. The van der Waals surface area contributed by atoms with Crippen LogP contribution in [0.4, 0.5) is 8.78 Å². The highest BCUT2D eigenvalue weighted by Crippen LogP contribution is 2.24. The number of aryl methyl sites for hydroxylation is 1. The maximum absolute atomic E-state index is 13.8. The van der Waals surface area contributed by atoms with Crippen LogP contribution in [-0.4, -0.2) is 23.4 Å². The number of nitriles is 1. The van der Waals surface area contributed by atoms with Crippen LogP contribution in [0.5, 0.6) is 5.75 Å². The molecular weight excluding hydrogens is 410 g/mol. The van der Waals surface area contributed by atoms with Crippen LogP contribution in [0.25, 0.3) is 11.3 Å². The number of hydrogen-bond acceptors (Lipinski definition) is 6. The van der Waals surface area contributed by atoms with Gasteiger partial charge >= 0.3 is 0 Å². The number of carbonyl (C=O) groups is 2. The first-order chi connectivity index (χ1) is 14.9. The molecule has 3 rings (SSSR count). The Hall–Kier alpha value is -4.26. The largest absolute Gasteiger partial charge is 0.484 e. The van der Waals surface area contributed by atoms with Crippen LogP contribution >= 0.6 is 0 Å². The number of aromatic nitrogens is 1. The van der Waals surface area contributed by atoms with Gasteiger partial charge in [-0.2, -0.15) is 5.26 Å². The number of carbonyl (C=O) groups excluding carboxylic acids is 2. The van der Waals surface area contributed by atoms with Gasteiger partial charge in [-0.1, -0.05) is 0 Å². The van der Waals surface area contributed by atoms with Gasteiger partial charge in [0, 0.05) is 18.9 Å². The number of rotatable bonds is 7. The van der Waals surface area contributed by atoms with E-state index in [1.807, 2.05) is 6.07 Å². The molecule has 0 aliphatic heterocycles. The molecule has 0 aliphatic rings. The van der Waals surface area contributed by atoms with Crippen molar-refractivity contribution in [3.63, 3.8) is 0 Å². The molecule has 1 heterocycles. The molecule has 0 saturated carbocycles. The van der Waals surface area contributed by atoms with E-state index in [0.29, 0.717) is 11.3 Å². The zero-order valence-electron chi connectivity index (χ0n) is 16.0. The Morgan fingerprint density at radius 2 is 1.84 bits per heavy atom. The van der Waals surface area contributed by atoms with Gasteiger partial charge in [0.1, 0.15) is 17.4 Å². The minimum absolute atomic E-state index is 0.0530. The molecule has 3 aromatic rings. The van der Waals surface area contributed by atoms with E-state index < -0.39 is 23.4 Å². The molecule has 0 atom stereocenters. The molecule has 8 nitrogen and oxygen atoms in total. The van der Waals surface area contributed by atoms with Gasteiger partial charge in [0.2, 0.25) is 5.91 Å². The fraction of sp³-hybridized carbons (Fsp3) is 0.143. The van der Waals surface area contributed by atoms with E-state index in [4.69, 9.17) is 14.4 Å². The second-order valence-electron chi connectivity index (χ2n) is 6.26. The predicted octanol–water partition coefficient (Wildman–Crippen LogP) is 2.65. The quantitative estimate of drug-likeness (QED) is 0.561. The lowest BCUT2D eigenvalue weighted by Crippen LogP contribution is -2.43. The fourth-order valence-corrected chi connectivity index (χ4v) is 2.47. The topological polar surface area (TPSA) is 117 Å². The van der Waals surface area contributed by atoms with Crippen molar-refractivity contribution in [2.24, 2.45) is 0 Å². The SMILES string of the molecule is N#Cc1ccc(OCC(=O)NNC(=O)CCc2ncc(-c3ccc(F)cc3F)o2)cc1. The Kier molecular flexibility index (Phi) is 6.90. The van der Waals surface area contributed by atoms with Crippen LogP contribution in [0.2, 0.25) is 0 Å². The molecule has 31 heavy (non-hydrogen) atoms. The van der Waals surface area contributed by atoms with E-state index in [9.17, 15) is 18.4 Å². The van der Waals surface area contributed by atoms with Gasteiger partial charge in [0.05, 0.1) is 23.4 Å². The zero-order valence-corrected chi connectivity index (χ0v) is 16.0. The van der Waals surface area contributed by atoms with Crippen molar-refractivity contribution in [1.82, 2.24) is 15.8 Å². The Bertz CT molecular complexity index is 1120. The van der Waals surface area contributed by atoms with Crippen LogP contribution in [0.3, 0.4) is 0 Å². The molecule has 2 N–H and O–H groups in total. The van der Waals surface area contributed by atoms with Crippen LogP contribution < -0.4 is 15.6 Å². The van der Waals surface area contributed by atoms with Crippen molar-refractivity contribution in [2.75, 3.05) is 6.61 Å². The lowest BCUT2D eigenvalue weighted by molar-refractivity contribution is -0.130. The number of nitrogens with zero attached hydrogens (tertiary/aromatic N) is 2. The van der Waals surface area contributed by atoms with E-state index in [-0.39, 0.29) is 36.7 Å². The van der Waals surface area contributed by atoms with E-state index in [2.05, 4.69) is 15.8 Å². The summed E-state index contributed by atoms with van der Waals surface area (Å²) in [4.78, 5) is 27.6. The second-order valence-corrected chi connectivity index (χ2v) is 6.26. The normalized spacial score (nSPS) is 10.2. The zero-order chi connectivity index (χ0) is 22.2. The summed E-state index contributed by atoms with van der Waals surface area (Å²) in [7, 11) is 0. The number of benzene rings is 2. The highest BCUT2D eigenvalue weighted by atomic mass is 19.1. The van der Waals surface area contributed by atoms with Gasteiger partial charge in [0.15, 0.2) is 18.3 Å². The summed E-state index contributed by atoms with van der Waals surface area (Å²) in [5.74, 6) is -1.88. The molecular formula is C21H16F2N4O4. The number of nitrogens with one attached hydrogen (secondary N) is 2. The average Bonchev–Trinajstić information content (AvgIpc) is 3.24. The summed E-state index contributed by atoms with van der Waals surface area (Å²) in [6.45, 7) is -0.335. The molecule has 158 valence electrons. The van der Waals surface area contributed by atoms with Crippen molar-refractivity contribution in [1.29, 1.82) is 5.26 Å². The molecule has 10 heteroatoms. The predicted molar refractivity (Wildman–Crippen MR) is 103 cm³/mol. The van der Waals surface area contributed by atoms with E-state index in [0.717, 1.165) is 12.1 Å².